The number of nitrogens with zero attached hydrogens (tertiary/aromatic N) is 1. The summed E-state index contributed by atoms with van der Waals surface area (Å²) >= 11 is 1.36. The van der Waals surface area contributed by atoms with Crippen LogP contribution in [-0.4, -0.2) is 23.5 Å². The minimum Gasteiger partial charge on any atom is -0.462 e. The number of carbonyl (C=O) groups excluding carboxylic acids is 2. The van der Waals surface area contributed by atoms with Crippen LogP contribution < -0.4 is 11.1 Å². The zero-order valence-corrected chi connectivity index (χ0v) is 13.0. The fourth-order valence-corrected chi connectivity index (χ4v) is 2.41. The molecule has 116 valence electrons. The second-order valence-corrected chi connectivity index (χ2v) is 5.37. The molecule has 2 rings (SSSR count). The quantitative estimate of drug-likeness (QED) is 0.790. The smallest absolute Gasteiger partial charge is 0.338 e. The van der Waals surface area contributed by atoms with Crippen molar-refractivity contribution in [3.05, 3.63) is 51.5 Å². The molecule has 1 aromatic heterocycles. The number of thiazole rings is 1. The van der Waals surface area contributed by atoms with Crippen molar-refractivity contribution in [2.45, 2.75) is 20.0 Å². The number of ether oxygens (including phenoxy) is 1. The van der Waals surface area contributed by atoms with E-state index in [0.717, 1.165) is 10.6 Å². The molecule has 0 aliphatic rings. The molecule has 1 aromatic carbocycles. The van der Waals surface area contributed by atoms with Gasteiger partial charge in [-0.05, 0) is 24.6 Å². The lowest BCUT2D eigenvalue weighted by Crippen LogP contribution is -2.23. The van der Waals surface area contributed by atoms with E-state index in [2.05, 4.69) is 10.3 Å². The van der Waals surface area contributed by atoms with Gasteiger partial charge in [0.1, 0.15) is 10.7 Å². The summed E-state index contributed by atoms with van der Waals surface area (Å²) in [4.78, 5) is 27.6. The summed E-state index contributed by atoms with van der Waals surface area (Å²) in [5.41, 5.74) is 7.21. The standard InChI is InChI=1S/C15H17N3O3S/c1-2-21-15(20)11-5-3-10(4-6-11)8-17-14(19)12-9-22-13(7-16)18-12/h3-6,9H,2,7-8,16H2,1H3,(H,17,19). The van der Waals surface area contributed by atoms with Gasteiger partial charge in [-0.3, -0.25) is 4.79 Å². The van der Waals surface area contributed by atoms with Gasteiger partial charge in [0.25, 0.3) is 5.91 Å². The average Bonchev–Trinajstić information content (AvgIpc) is 3.02. The Kier molecular flexibility index (Phi) is 5.62. The van der Waals surface area contributed by atoms with Gasteiger partial charge in [-0.2, -0.15) is 0 Å². The topological polar surface area (TPSA) is 94.3 Å². The summed E-state index contributed by atoms with van der Waals surface area (Å²) in [5, 5.41) is 5.18. The minimum atomic E-state index is -0.352. The Labute approximate surface area is 132 Å². The van der Waals surface area contributed by atoms with E-state index in [4.69, 9.17) is 10.5 Å². The zero-order valence-electron chi connectivity index (χ0n) is 12.2. The number of nitrogens with two attached hydrogens (primary N) is 1. The summed E-state index contributed by atoms with van der Waals surface area (Å²) in [6.07, 6.45) is 0. The monoisotopic (exact) mass is 319 g/mol. The molecule has 22 heavy (non-hydrogen) atoms. The zero-order chi connectivity index (χ0) is 15.9. The Hall–Kier alpha value is -2.25. The first-order chi connectivity index (χ1) is 10.6. The molecule has 2 aromatic rings. The van der Waals surface area contributed by atoms with Crippen molar-refractivity contribution in [3.63, 3.8) is 0 Å². The number of nitrogens with one attached hydrogen (secondary N) is 1. The summed E-state index contributed by atoms with van der Waals surface area (Å²) in [6, 6.07) is 6.90. The highest BCUT2D eigenvalue weighted by Crippen LogP contribution is 2.10. The summed E-state index contributed by atoms with van der Waals surface area (Å²) in [6.45, 7) is 2.79. The van der Waals surface area contributed by atoms with Gasteiger partial charge < -0.3 is 15.8 Å². The first-order valence-electron chi connectivity index (χ1n) is 6.82. The van der Waals surface area contributed by atoms with E-state index < -0.39 is 0 Å². The molecule has 0 unspecified atom stereocenters. The molecule has 3 N–H and O–H groups in total. The second kappa shape index (κ2) is 7.67. The fraction of sp³-hybridized carbons (Fsp3) is 0.267. The molecule has 0 saturated heterocycles. The minimum absolute atomic E-state index is 0.245. The van der Waals surface area contributed by atoms with Gasteiger partial charge in [0.15, 0.2) is 0 Å². The van der Waals surface area contributed by atoms with Crippen molar-refractivity contribution >= 4 is 23.2 Å². The molecular formula is C15H17N3O3S. The highest BCUT2D eigenvalue weighted by molar-refractivity contribution is 7.09. The van der Waals surface area contributed by atoms with Crippen LogP contribution in [-0.2, 0) is 17.8 Å². The molecule has 0 atom stereocenters. The van der Waals surface area contributed by atoms with Gasteiger partial charge in [-0.1, -0.05) is 12.1 Å². The van der Waals surface area contributed by atoms with E-state index in [9.17, 15) is 9.59 Å². The Bertz CT molecular complexity index is 652. The molecular weight excluding hydrogens is 302 g/mol. The SMILES string of the molecule is CCOC(=O)c1ccc(CNC(=O)c2csc(CN)n2)cc1. The Morgan fingerprint density at radius 2 is 2.05 bits per heavy atom. The van der Waals surface area contributed by atoms with Gasteiger partial charge in [0, 0.05) is 18.5 Å². The third-order valence-electron chi connectivity index (χ3n) is 2.88. The van der Waals surface area contributed by atoms with Gasteiger partial charge in [0.2, 0.25) is 0 Å². The number of hydrogen-bond donors (Lipinski definition) is 2. The molecule has 0 fully saturated rings. The maximum atomic E-state index is 11.9. The Morgan fingerprint density at radius 3 is 2.64 bits per heavy atom. The lowest BCUT2D eigenvalue weighted by Gasteiger charge is -2.05. The van der Waals surface area contributed by atoms with Crippen molar-refractivity contribution in [2.24, 2.45) is 5.73 Å². The predicted molar refractivity (Wildman–Crippen MR) is 83.6 cm³/mol. The van der Waals surface area contributed by atoms with Crippen molar-refractivity contribution in [2.75, 3.05) is 6.61 Å². The van der Waals surface area contributed by atoms with Crippen LogP contribution in [0.15, 0.2) is 29.6 Å². The first-order valence-corrected chi connectivity index (χ1v) is 7.70. The fourth-order valence-electron chi connectivity index (χ4n) is 1.75. The normalized spacial score (nSPS) is 10.3. The molecule has 1 amide bonds. The highest BCUT2D eigenvalue weighted by atomic mass is 32.1. The Morgan fingerprint density at radius 1 is 1.32 bits per heavy atom. The van der Waals surface area contributed by atoms with E-state index in [1.807, 2.05) is 0 Å². The first kappa shape index (κ1) is 16.1. The lowest BCUT2D eigenvalue weighted by molar-refractivity contribution is 0.0526. The number of carbonyl (C=O) groups is 2. The van der Waals surface area contributed by atoms with Crippen molar-refractivity contribution in [3.8, 4) is 0 Å². The average molecular weight is 319 g/mol. The summed E-state index contributed by atoms with van der Waals surface area (Å²) < 4.78 is 4.91. The molecule has 0 bridgehead atoms. The molecule has 0 radical (unpaired) electrons. The molecule has 7 heteroatoms. The van der Waals surface area contributed by atoms with E-state index >= 15 is 0 Å². The van der Waals surface area contributed by atoms with Gasteiger partial charge in [0.05, 0.1) is 12.2 Å². The van der Waals surface area contributed by atoms with Crippen LogP contribution in [0.5, 0.6) is 0 Å². The van der Waals surface area contributed by atoms with Crippen molar-refractivity contribution < 1.29 is 14.3 Å². The van der Waals surface area contributed by atoms with E-state index in [1.54, 1.807) is 36.6 Å². The number of benzene rings is 1. The van der Waals surface area contributed by atoms with Gasteiger partial charge >= 0.3 is 5.97 Å². The molecule has 0 saturated carbocycles. The van der Waals surface area contributed by atoms with Crippen LogP contribution in [0, 0.1) is 0 Å². The number of aromatic nitrogens is 1. The summed E-state index contributed by atoms with van der Waals surface area (Å²) in [5.74, 6) is -0.597. The van der Waals surface area contributed by atoms with E-state index in [1.165, 1.54) is 11.3 Å². The van der Waals surface area contributed by atoms with Gasteiger partial charge in [-0.15, -0.1) is 11.3 Å². The lowest BCUT2D eigenvalue weighted by atomic mass is 10.1. The third-order valence-corrected chi connectivity index (χ3v) is 3.75. The molecule has 0 aliphatic heterocycles. The third kappa shape index (κ3) is 4.12. The molecule has 0 spiro atoms. The molecule has 0 aliphatic carbocycles. The van der Waals surface area contributed by atoms with Crippen molar-refractivity contribution in [1.29, 1.82) is 0 Å². The van der Waals surface area contributed by atoms with E-state index in [0.29, 0.717) is 31.0 Å². The van der Waals surface area contributed by atoms with Gasteiger partial charge in [-0.25, -0.2) is 9.78 Å². The number of amides is 1. The number of hydrogen-bond acceptors (Lipinski definition) is 6. The van der Waals surface area contributed by atoms with Crippen LogP contribution >= 0.6 is 11.3 Å². The largest absolute Gasteiger partial charge is 0.462 e. The van der Waals surface area contributed by atoms with Crippen LogP contribution in [0.1, 0.15) is 38.3 Å². The maximum absolute atomic E-state index is 11.9. The highest BCUT2D eigenvalue weighted by Gasteiger charge is 2.10. The molecule has 6 nitrogen and oxygen atoms in total. The Balaban J connectivity index is 1.91. The molecule has 1 heterocycles. The van der Waals surface area contributed by atoms with E-state index in [-0.39, 0.29) is 11.9 Å². The predicted octanol–water partition coefficient (Wildman–Crippen LogP) is 1.71. The number of esters is 1. The van der Waals surface area contributed by atoms with Crippen LogP contribution in [0.2, 0.25) is 0 Å². The van der Waals surface area contributed by atoms with Crippen LogP contribution in [0.4, 0.5) is 0 Å². The van der Waals surface area contributed by atoms with Crippen LogP contribution in [0.25, 0.3) is 0 Å². The maximum Gasteiger partial charge on any atom is 0.338 e. The van der Waals surface area contributed by atoms with Crippen LogP contribution in [0.3, 0.4) is 0 Å². The number of rotatable bonds is 6. The van der Waals surface area contributed by atoms with Crippen molar-refractivity contribution in [1.82, 2.24) is 10.3 Å². The second-order valence-electron chi connectivity index (χ2n) is 4.43. The summed E-state index contributed by atoms with van der Waals surface area (Å²) in [7, 11) is 0.